The lowest BCUT2D eigenvalue weighted by Gasteiger charge is -2.35. The minimum Gasteiger partial charge on any atom is -0.311 e. The van der Waals surface area contributed by atoms with Crippen molar-refractivity contribution in [2.45, 2.75) is 6.42 Å². The number of carbonyl (C=O) groups is 1. The van der Waals surface area contributed by atoms with Crippen LogP contribution in [0.5, 0.6) is 0 Å². The Kier molecular flexibility index (Phi) is 4.91. The van der Waals surface area contributed by atoms with E-state index < -0.39 is 10.2 Å². The number of hydrogen-bond acceptors (Lipinski definition) is 4. The van der Waals surface area contributed by atoms with E-state index >= 15 is 0 Å². The van der Waals surface area contributed by atoms with Crippen molar-refractivity contribution in [2.75, 3.05) is 58.3 Å². The maximum Gasteiger partial charge on any atom is 0.281 e. The number of para-hydroxylation sites is 1. The highest BCUT2D eigenvalue weighted by Gasteiger charge is 2.31. The molecule has 0 atom stereocenters. The van der Waals surface area contributed by atoms with E-state index in [-0.39, 0.29) is 5.91 Å². The summed E-state index contributed by atoms with van der Waals surface area (Å²) in [5, 5.41) is 0. The van der Waals surface area contributed by atoms with Crippen molar-refractivity contribution in [1.82, 2.24) is 13.5 Å². The van der Waals surface area contributed by atoms with Crippen molar-refractivity contribution >= 4 is 21.8 Å². The number of benzene rings is 1. The van der Waals surface area contributed by atoms with Gasteiger partial charge in [-0.05, 0) is 18.1 Å². The smallest absolute Gasteiger partial charge is 0.281 e. The molecule has 0 bridgehead atoms. The molecule has 8 heteroatoms. The Balaban J connectivity index is 1.57. The average Bonchev–Trinajstić information content (AvgIpc) is 2.99. The van der Waals surface area contributed by atoms with Gasteiger partial charge in [-0.25, -0.2) is 0 Å². The number of hydrogen-bond donors (Lipinski definition) is 0. The normalized spacial score (nSPS) is 19.7. The zero-order chi connectivity index (χ0) is 17.3. The van der Waals surface area contributed by atoms with Crippen molar-refractivity contribution in [3.05, 3.63) is 29.8 Å². The van der Waals surface area contributed by atoms with Crippen LogP contribution in [0, 0.1) is 0 Å². The van der Waals surface area contributed by atoms with Crippen molar-refractivity contribution in [3.8, 4) is 0 Å². The van der Waals surface area contributed by atoms with Crippen molar-refractivity contribution < 1.29 is 13.2 Å². The monoisotopic (exact) mass is 352 g/mol. The van der Waals surface area contributed by atoms with Crippen LogP contribution in [-0.2, 0) is 21.4 Å². The van der Waals surface area contributed by atoms with Gasteiger partial charge in [-0.15, -0.1) is 0 Å². The van der Waals surface area contributed by atoms with Crippen LogP contribution in [0.1, 0.15) is 5.56 Å². The molecule has 132 valence electrons. The summed E-state index contributed by atoms with van der Waals surface area (Å²) in [5.41, 5.74) is 2.23. The third kappa shape index (κ3) is 3.32. The molecule has 1 aromatic carbocycles. The van der Waals surface area contributed by atoms with E-state index in [2.05, 4.69) is 6.07 Å². The highest BCUT2D eigenvalue weighted by molar-refractivity contribution is 7.86. The van der Waals surface area contributed by atoms with Crippen molar-refractivity contribution in [2.24, 2.45) is 0 Å². The van der Waals surface area contributed by atoms with E-state index in [0.29, 0.717) is 32.7 Å². The lowest BCUT2D eigenvalue weighted by atomic mass is 10.2. The Morgan fingerprint density at radius 3 is 2.42 bits per heavy atom. The Morgan fingerprint density at radius 1 is 1.08 bits per heavy atom. The van der Waals surface area contributed by atoms with Gasteiger partial charge in [-0.3, -0.25) is 9.69 Å². The summed E-state index contributed by atoms with van der Waals surface area (Å²) >= 11 is 0. The van der Waals surface area contributed by atoms with Gasteiger partial charge in [0.25, 0.3) is 10.2 Å². The molecule has 2 heterocycles. The number of fused-ring (bicyclic) bond motifs is 1. The van der Waals surface area contributed by atoms with Crippen LogP contribution in [0.2, 0.25) is 0 Å². The van der Waals surface area contributed by atoms with Gasteiger partial charge < -0.3 is 4.90 Å². The predicted molar refractivity (Wildman–Crippen MR) is 93.1 cm³/mol. The highest BCUT2D eigenvalue weighted by atomic mass is 32.2. The number of amides is 1. The quantitative estimate of drug-likeness (QED) is 0.765. The summed E-state index contributed by atoms with van der Waals surface area (Å²) < 4.78 is 26.9. The second-order valence-electron chi connectivity index (χ2n) is 6.39. The maximum atomic E-state index is 12.6. The SMILES string of the molecule is CN(C)S(=O)(=O)N1CCN(CC(=O)N2CCc3ccccc32)CC1. The van der Waals surface area contributed by atoms with E-state index in [1.165, 1.54) is 28.3 Å². The molecule has 0 saturated carbocycles. The van der Waals surface area contributed by atoms with Gasteiger partial charge in [-0.1, -0.05) is 18.2 Å². The molecule has 2 aliphatic rings. The summed E-state index contributed by atoms with van der Waals surface area (Å²) in [6.07, 6.45) is 0.900. The van der Waals surface area contributed by atoms with Gasteiger partial charge in [0.1, 0.15) is 0 Å². The van der Waals surface area contributed by atoms with Crippen LogP contribution in [0.25, 0.3) is 0 Å². The Hall–Kier alpha value is -1.48. The molecule has 0 spiro atoms. The molecule has 0 N–H and O–H groups in total. The third-order valence-electron chi connectivity index (χ3n) is 4.67. The van der Waals surface area contributed by atoms with Crippen LogP contribution in [-0.4, -0.2) is 81.2 Å². The fraction of sp³-hybridized carbons (Fsp3) is 0.562. The molecular formula is C16H24N4O3S. The molecule has 1 fully saturated rings. The summed E-state index contributed by atoms with van der Waals surface area (Å²) in [7, 11) is -0.287. The van der Waals surface area contributed by atoms with E-state index in [4.69, 9.17) is 0 Å². The van der Waals surface area contributed by atoms with E-state index in [9.17, 15) is 13.2 Å². The highest BCUT2D eigenvalue weighted by Crippen LogP contribution is 2.27. The van der Waals surface area contributed by atoms with Crippen LogP contribution in [0.4, 0.5) is 5.69 Å². The fourth-order valence-corrected chi connectivity index (χ4v) is 4.31. The van der Waals surface area contributed by atoms with Crippen LogP contribution >= 0.6 is 0 Å². The van der Waals surface area contributed by atoms with Gasteiger partial charge in [-0.2, -0.15) is 17.0 Å². The van der Waals surface area contributed by atoms with Gasteiger partial charge in [0.2, 0.25) is 5.91 Å². The minimum absolute atomic E-state index is 0.0869. The minimum atomic E-state index is -3.36. The molecule has 1 aromatic rings. The lowest BCUT2D eigenvalue weighted by Crippen LogP contribution is -2.53. The number of rotatable bonds is 4. The first-order valence-electron chi connectivity index (χ1n) is 8.18. The lowest BCUT2D eigenvalue weighted by molar-refractivity contribution is -0.119. The van der Waals surface area contributed by atoms with Gasteiger partial charge in [0.15, 0.2) is 0 Å². The molecule has 0 radical (unpaired) electrons. The van der Waals surface area contributed by atoms with Gasteiger partial charge >= 0.3 is 0 Å². The molecule has 0 aliphatic carbocycles. The first kappa shape index (κ1) is 17.3. The first-order valence-corrected chi connectivity index (χ1v) is 9.57. The molecular weight excluding hydrogens is 328 g/mol. The zero-order valence-corrected chi connectivity index (χ0v) is 15.0. The predicted octanol–water partition coefficient (Wildman–Crippen LogP) is -0.000300. The van der Waals surface area contributed by atoms with Crippen LogP contribution in [0.3, 0.4) is 0 Å². The molecule has 0 unspecified atom stereocenters. The number of anilines is 1. The fourth-order valence-electron chi connectivity index (χ4n) is 3.22. The Morgan fingerprint density at radius 2 is 1.75 bits per heavy atom. The molecule has 7 nitrogen and oxygen atoms in total. The average molecular weight is 352 g/mol. The summed E-state index contributed by atoms with van der Waals surface area (Å²) in [4.78, 5) is 16.5. The van der Waals surface area contributed by atoms with Gasteiger partial charge in [0, 0.05) is 52.5 Å². The third-order valence-corrected chi connectivity index (χ3v) is 6.61. The first-order chi connectivity index (χ1) is 11.4. The number of nitrogens with zero attached hydrogens (tertiary/aromatic N) is 4. The second-order valence-corrected chi connectivity index (χ2v) is 8.53. The molecule has 0 aromatic heterocycles. The standard InChI is InChI=1S/C16H24N4O3S/c1-17(2)24(22,23)19-11-9-18(10-12-19)13-16(21)20-8-7-14-5-3-4-6-15(14)20/h3-6H,7-13H2,1-2H3. The molecule has 1 amide bonds. The second kappa shape index (κ2) is 6.79. The molecule has 1 saturated heterocycles. The van der Waals surface area contributed by atoms with E-state index in [1.54, 1.807) is 0 Å². The summed E-state index contributed by atoms with van der Waals surface area (Å²) in [5.74, 6) is 0.0869. The zero-order valence-electron chi connectivity index (χ0n) is 14.2. The van der Waals surface area contributed by atoms with Crippen LogP contribution < -0.4 is 4.90 Å². The Bertz CT molecular complexity index is 712. The van der Waals surface area contributed by atoms with Crippen molar-refractivity contribution in [1.29, 1.82) is 0 Å². The summed E-state index contributed by atoms with van der Waals surface area (Å²) in [6.45, 7) is 3.06. The number of piperazine rings is 1. The van der Waals surface area contributed by atoms with Crippen LogP contribution in [0.15, 0.2) is 24.3 Å². The molecule has 24 heavy (non-hydrogen) atoms. The van der Waals surface area contributed by atoms with E-state index in [0.717, 1.165) is 18.7 Å². The molecule has 2 aliphatic heterocycles. The maximum absolute atomic E-state index is 12.6. The summed E-state index contributed by atoms with van der Waals surface area (Å²) in [6, 6.07) is 8.00. The van der Waals surface area contributed by atoms with Crippen molar-refractivity contribution in [3.63, 3.8) is 0 Å². The molecule has 3 rings (SSSR count). The Labute approximate surface area is 143 Å². The number of carbonyl (C=O) groups excluding carboxylic acids is 1. The largest absolute Gasteiger partial charge is 0.311 e. The topological polar surface area (TPSA) is 64.2 Å². The van der Waals surface area contributed by atoms with Gasteiger partial charge in [0.05, 0.1) is 6.54 Å². The van der Waals surface area contributed by atoms with E-state index in [1.807, 2.05) is 28.0 Å².